The Morgan fingerprint density at radius 3 is 2.21 bits per heavy atom. The van der Waals surface area contributed by atoms with Crippen molar-refractivity contribution in [2.75, 3.05) is 10.6 Å². The molecule has 2 aromatic heterocycles. The number of aromatic nitrogens is 4. The van der Waals surface area contributed by atoms with Crippen molar-refractivity contribution >= 4 is 11.9 Å². The molecular formula is C23H32F4N6. The molecule has 0 bridgehead atoms. The van der Waals surface area contributed by atoms with Crippen LogP contribution >= 0.6 is 0 Å². The molecule has 2 N–H and O–H groups in total. The van der Waals surface area contributed by atoms with E-state index in [-0.39, 0.29) is 35.5 Å². The number of pyridine rings is 1. The second-order valence-electron chi connectivity index (χ2n) is 8.81. The number of alkyl halides is 4. The number of halogens is 4. The SMILES string of the molecule is CC.CC(Nc1nc(NC2CCC(C)(F)CC2)nc(-c2cccc(C(F)(F)F)n2)n1)C1CC1. The molecule has 4 rings (SSSR count). The van der Waals surface area contributed by atoms with E-state index in [1.807, 2.05) is 20.8 Å². The fraction of sp³-hybridized carbons (Fsp3) is 0.652. The van der Waals surface area contributed by atoms with Gasteiger partial charge in [-0.05, 0) is 70.4 Å². The Kier molecular flexibility index (Phi) is 7.74. The van der Waals surface area contributed by atoms with E-state index in [9.17, 15) is 17.6 Å². The van der Waals surface area contributed by atoms with E-state index >= 15 is 0 Å². The smallest absolute Gasteiger partial charge is 0.351 e. The van der Waals surface area contributed by atoms with Gasteiger partial charge in [-0.3, -0.25) is 0 Å². The molecule has 0 spiro atoms. The molecule has 182 valence electrons. The summed E-state index contributed by atoms with van der Waals surface area (Å²) in [5.74, 6) is 1.13. The first-order valence-electron chi connectivity index (χ1n) is 11.6. The second-order valence-corrected chi connectivity index (χ2v) is 8.81. The first-order valence-corrected chi connectivity index (χ1v) is 11.6. The third kappa shape index (κ3) is 6.98. The Balaban J connectivity index is 0.00000149. The van der Waals surface area contributed by atoms with Gasteiger partial charge in [-0.1, -0.05) is 19.9 Å². The molecule has 2 heterocycles. The first-order chi connectivity index (χ1) is 15.6. The maximum Gasteiger partial charge on any atom is 0.433 e. The second kappa shape index (κ2) is 10.2. The number of rotatable bonds is 6. The van der Waals surface area contributed by atoms with E-state index < -0.39 is 17.5 Å². The molecule has 1 atom stereocenters. The monoisotopic (exact) mass is 468 g/mol. The highest BCUT2D eigenvalue weighted by atomic mass is 19.4. The summed E-state index contributed by atoms with van der Waals surface area (Å²) in [6, 6.07) is 3.76. The topological polar surface area (TPSA) is 75.6 Å². The van der Waals surface area contributed by atoms with Gasteiger partial charge in [0.1, 0.15) is 17.1 Å². The average molecular weight is 469 g/mol. The van der Waals surface area contributed by atoms with Crippen LogP contribution < -0.4 is 10.6 Å². The minimum atomic E-state index is -4.56. The van der Waals surface area contributed by atoms with Crippen molar-refractivity contribution in [3.8, 4) is 11.5 Å². The molecule has 0 radical (unpaired) electrons. The standard InChI is InChI=1S/C21H26F4N6.C2H6/c1-12(13-6-7-13)26-18-29-17(15-4-3-5-16(28-15)21(23,24)25)30-19(31-18)27-14-8-10-20(2,22)11-9-14;1-2/h3-5,12-14H,6-11H2,1-2H3,(H2,26,27,29,30,31);1-2H3. The summed E-state index contributed by atoms with van der Waals surface area (Å²) < 4.78 is 53.4. The van der Waals surface area contributed by atoms with E-state index in [4.69, 9.17) is 0 Å². The van der Waals surface area contributed by atoms with Gasteiger partial charge in [-0.15, -0.1) is 0 Å². The quantitative estimate of drug-likeness (QED) is 0.487. The molecule has 1 unspecified atom stereocenters. The molecular weight excluding hydrogens is 436 g/mol. The summed E-state index contributed by atoms with van der Waals surface area (Å²) >= 11 is 0. The highest BCUT2D eigenvalue weighted by molar-refractivity contribution is 5.54. The highest BCUT2D eigenvalue weighted by Crippen LogP contribution is 2.35. The minimum absolute atomic E-state index is 0.0118. The molecule has 0 saturated heterocycles. The molecule has 0 aliphatic heterocycles. The van der Waals surface area contributed by atoms with Gasteiger partial charge in [0.25, 0.3) is 0 Å². The highest BCUT2D eigenvalue weighted by Gasteiger charge is 2.34. The zero-order chi connectivity index (χ0) is 24.2. The van der Waals surface area contributed by atoms with Crippen LogP contribution in [0.25, 0.3) is 11.5 Å². The zero-order valence-corrected chi connectivity index (χ0v) is 19.5. The number of hydrogen-bond donors (Lipinski definition) is 2. The predicted octanol–water partition coefficient (Wildman–Crippen LogP) is 6.27. The van der Waals surface area contributed by atoms with Crippen LogP contribution in [0, 0.1) is 5.92 Å². The number of nitrogens with zero attached hydrogens (tertiary/aromatic N) is 4. The summed E-state index contributed by atoms with van der Waals surface area (Å²) in [5.41, 5.74) is -2.16. The molecule has 6 nitrogen and oxygen atoms in total. The van der Waals surface area contributed by atoms with Crippen molar-refractivity contribution in [3.05, 3.63) is 23.9 Å². The van der Waals surface area contributed by atoms with Gasteiger partial charge in [-0.25, -0.2) is 9.37 Å². The van der Waals surface area contributed by atoms with E-state index in [1.165, 1.54) is 12.1 Å². The number of hydrogen-bond acceptors (Lipinski definition) is 6. The lowest BCUT2D eigenvalue weighted by Gasteiger charge is -2.31. The van der Waals surface area contributed by atoms with Crippen molar-refractivity contribution in [1.29, 1.82) is 0 Å². The van der Waals surface area contributed by atoms with Crippen LogP contribution in [0.5, 0.6) is 0 Å². The largest absolute Gasteiger partial charge is 0.433 e. The Morgan fingerprint density at radius 1 is 0.970 bits per heavy atom. The van der Waals surface area contributed by atoms with Gasteiger partial charge in [0.2, 0.25) is 11.9 Å². The van der Waals surface area contributed by atoms with Gasteiger partial charge < -0.3 is 10.6 Å². The van der Waals surface area contributed by atoms with Gasteiger partial charge in [0, 0.05) is 12.1 Å². The normalized spacial score (nSPS) is 23.8. The van der Waals surface area contributed by atoms with Crippen LogP contribution in [0.4, 0.5) is 29.5 Å². The zero-order valence-electron chi connectivity index (χ0n) is 19.5. The lowest BCUT2D eigenvalue weighted by atomic mass is 9.85. The van der Waals surface area contributed by atoms with Crippen LogP contribution in [0.3, 0.4) is 0 Å². The predicted molar refractivity (Wildman–Crippen MR) is 121 cm³/mol. The van der Waals surface area contributed by atoms with Crippen LogP contribution in [0.15, 0.2) is 18.2 Å². The van der Waals surface area contributed by atoms with Crippen LogP contribution in [-0.4, -0.2) is 37.7 Å². The molecule has 2 aromatic rings. The molecule has 2 aliphatic carbocycles. The Morgan fingerprint density at radius 2 is 1.61 bits per heavy atom. The number of anilines is 2. The van der Waals surface area contributed by atoms with Gasteiger partial charge in [0.15, 0.2) is 5.82 Å². The lowest BCUT2D eigenvalue weighted by molar-refractivity contribution is -0.141. The summed E-state index contributed by atoms with van der Waals surface area (Å²) in [5, 5.41) is 6.45. The molecule has 2 saturated carbocycles. The Labute approximate surface area is 192 Å². The van der Waals surface area contributed by atoms with Crippen molar-refractivity contribution < 1.29 is 17.6 Å². The fourth-order valence-corrected chi connectivity index (χ4v) is 3.80. The summed E-state index contributed by atoms with van der Waals surface area (Å²) in [7, 11) is 0. The molecule has 0 amide bonds. The summed E-state index contributed by atoms with van der Waals surface area (Å²) in [6.45, 7) is 7.63. The van der Waals surface area contributed by atoms with Crippen molar-refractivity contribution in [2.45, 2.75) is 90.1 Å². The van der Waals surface area contributed by atoms with Gasteiger partial charge in [0.05, 0.1) is 0 Å². The van der Waals surface area contributed by atoms with Gasteiger partial charge in [-0.2, -0.15) is 28.1 Å². The fourth-order valence-electron chi connectivity index (χ4n) is 3.80. The van der Waals surface area contributed by atoms with Crippen molar-refractivity contribution in [2.24, 2.45) is 5.92 Å². The average Bonchev–Trinajstić information content (AvgIpc) is 3.62. The van der Waals surface area contributed by atoms with Crippen LogP contribution in [0.1, 0.15) is 71.9 Å². The van der Waals surface area contributed by atoms with E-state index in [2.05, 4.69) is 30.6 Å². The maximum atomic E-state index is 14.1. The van der Waals surface area contributed by atoms with E-state index in [0.717, 1.165) is 18.9 Å². The summed E-state index contributed by atoms with van der Waals surface area (Å²) in [4.78, 5) is 16.8. The first kappa shape index (κ1) is 25.1. The van der Waals surface area contributed by atoms with Crippen molar-refractivity contribution in [1.82, 2.24) is 19.9 Å². The molecule has 33 heavy (non-hydrogen) atoms. The third-order valence-corrected chi connectivity index (χ3v) is 5.95. The van der Waals surface area contributed by atoms with Gasteiger partial charge >= 0.3 is 6.18 Å². The summed E-state index contributed by atoms with van der Waals surface area (Å²) in [6.07, 6.45) is -0.211. The van der Waals surface area contributed by atoms with Crippen LogP contribution in [-0.2, 0) is 6.18 Å². The maximum absolute atomic E-state index is 14.1. The Hall–Kier alpha value is -2.52. The molecule has 2 aliphatic rings. The minimum Gasteiger partial charge on any atom is -0.351 e. The molecule has 0 aromatic carbocycles. The number of nitrogens with one attached hydrogen (secondary N) is 2. The van der Waals surface area contributed by atoms with E-state index in [0.29, 0.717) is 31.6 Å². The lowest BCUT2D eigenvalue weighted by Crippen LogP contribution is -2.33. The van der Waals surface area contributed by atoms with Crippen LogP contribution in [0.2, 0.25) is 0 Å². The molecule has 2 fully saturated rings. The Bertz CT molecular complexity index is 919. The third-order valence-electron chi connectivity index (χ3n) is 5.95. The van der Waals surface area contributed by atoms with Crippen molar-refractivity contribution in [3.63, 3.8) is 0 Å². The van der Waals surface area contributed by atoms with E-state index in [1.54, 1.807) is 6.92 Å². The molecule has 10 heteroatoms.